The fourth-order valence-corrected chi connectivity index (χ4v) is 11.1. The van der Waals surface area contributed by atoms with E-state index in [0.29, 0.717) is 52.5 Å². The third kappa shape index (κ3) is 10.8. The van der Waals surface area contributed by atoms with Crippen LogP contribution < -0.4 is 5.32 Å². The second-order valence-electron chi connectivity index (χ2n) is 13.8. The first-order valence-electron chi connectivity index (χ1n) is 18.3. The average Bonchev–Trinajstić information content (AvgIpc) is 3.88. The maximum Gasteiger partial charge on any atom is 0.328 e. The maximum atomic E-state index is 13.9. The molecule has 0 saturated carbocycles. The van der Waals surface area contributed by atoms with E-state index in [-0.39, 0.29) is 65.0 Å². The van der Waals surface area contributed by atoms with E-state index in [9.17, 15) is 27.6 Å². The first-order chi connectivity index (χ1) is 26.9. The van der Waals surface area contributed by atoms with E-state index in [2.05, 4.69) is 5.32 Å². The van der Waals surface area contributed by atoms with Crippen molar-refractivity contribution < 1.29 is 41.5 Å². The van der Waals surface area contributed by atoms with Gasteiger partial charge in [-0.3, -0.25) is 14.4 Å². The van der Waals surface area contributed by atoms with Crippen molar-refractivity contribution in [1.82, 2.24) is 10.2 Å². The average molecular weight is 862 g/mol. The lowest BCUT2D eigenvalue weighted by molar-refractivity contribution is -0.147. The van der Waals surface area contributed by atoms with Crippen molar-refractivity contribution >= 4 is 89.3 Å². The molecule has 0 spiro atoms. The van der Waals surface area contributed by atoms with Crippen molar-refractivity contribution in [2.45, 2.75) is 74.1 Å². The number of fused-ring (bicyclic) bond motifs is 2. The molecule has 3 aromatic carbocycles. The minimum atomic E-state index is -3.55. The highest BCUT2D eigenvalue weighted by Crippen LogP contribution is 2.40. The number of amides is 2. The molecule has 1 aromatic heterocycles. The summed E-state index contributed by atoms with van der Waals surface area (Å²) in [4.78, 5) is 54.7. The van der Waals surface area contributed by atoms with E-state index in [1.807, 2.05) is 33.7 Å². The Bertz CT molecular complexity index is 2210. The van der Waals surface area contributed by atoms with Crippen molar-refractivity contribution in [3.63, 3.8) is 0 Å². The summed E-state index contributed by atoms with van der Waals surface area (Å²) in [6, 6.07) is 13.5. The number of carbonyl (C=O) groups is 4. The van der Waals surface area contributed by atoms with Crippen LogP contribution in [0, 0.1) is 0 Å². The van der Waals surface area contributed by atoms with E-state index in [4.69, 9.17) is 37.1 Å². The van der Waals surface area contributed by atoms with Gasteiger partial charge in [-0.05, 0) is 78.8 Å². The molecule has 298 valence electrons. The van der Waals surface area contributed by atoms with Gasteiger partial charge in [-0.15, -0.1) is 0 Å². The number of hydrogen-bond donors (Lipinski definition) is 1. The Morgan fingerprint density at radius 3 is 2.62 bits per heavy atom. The number of sulfone groups is 1. The van der Waals surface area contributed by atoms with Gasteiger partial charge in [0.2, 0.25) is 0 Å². The number of hydrogen-bond acceptors (Lipinski definition) is 11. The predicted octanol–water partition coefficient (Wildman–Crippen LogP) is 7.87. The summed E-state index contributed by atoms with van der Waals surface area (Å²) in [7, 11) is 0.272. The molecular weight excluding hydrogens is 820 g/mol. The molecule has 2 aliphatic rings. The molecule has 2 aliphatic heterocycles. The highest BCUT2D eigenvalue weighted by Gasteiger charge is 2.31. The third-order valence-corrected chi connectivity index (χ3v) is 14.5. The summed E-state index contributed by atoms with van der Waals surface area (Å²) in [6.07, 6.45) is 7.52. The van der Waals surface area contributed by atoms with Crippen molar-refractivity contribution in [3.8, 4) is 0 Å². The van der Waals surface area contributed by atoms with Gasteiger partial charge in [-0.25, -0.2) is 13.2 Å². The molecule has 56 heavy (non-hydrogen) atoms. The van der Waals surface area contributed by atoms with Gasteiger partial charge in [0.15, 0.2) is 9.84 Å². The number of furan rings is 1. The van der Waals surface area contributed by atoms with Crippen molar-refractivity contribution in [2.75, 3.05) is 31.8 Å². The van der Waals surface area contributed by atoms with Crippen LogP contribution in [0.1, 0.15) is 75.9 Å². The van der Waals surface area contributed by atoms with Crippen molar-refractivity contribution in [3.05, 3.63) is 98.7 Å². The van der Waals surface area contributed by atoms with E-state index >= 15 is 0 Å². The molecule has 1 N–H and O–H groups in total. The van der Waals surface area contributed by atoms with Crippen LogP contribution in [0.2, 0.25) is 10.0 Å². The Kier molecular flexibility index (Phi) is 14.4. The molecular formula is C40H42Cl2N2O9S3. The van der Waals surface area contributed by atoms with Gasteiger partial charge < -0.3 is 24.1 Å². The number of unbranched alkanes of at least 4 members (excludes halogenated alkanes) is 1. The molecule has 1 saturated heterocycles. The minimum Gasteiger partial charge on any atom is -0.466 e. The van der Waals surface area contributed by atoms with Gasteiger partial charge in [0, 0.05) is 60.6 Å². The van der Waals surface area contributed by atoms with E-state index < -0.39 is 27.8 Å². The van der Waals surface area contributed by atoms with Crippen LogP contribution in [0.5, 0.6) is 0 Å². The van der Waals surface area contributed by atoms with Gasteiger partial charge in [-0.2, -0.15) is 0 Å². The molecule has 2 atom stereocenters. The summed E-state index contributed by atoms with van der Waals surface area (Å²) in [5, 5.41) is 4.39. The van der Waals surface area contributed by atoms with Gasteiger partial charge >= 0.3 is 11.9 Å². The van der Waals surface area contributed by atoms with Crippen LogP contribution in [0.25, 0.3) is 11.0 Å². The zero-order valence-electron chi connectivity index (χ0n) is 30.7. The Labute approximate surface area is 343 Å². The normalized spacial score (nSPS) is 16.0. The largest absolute Gasteiger partial charge is 0.466 e. The smallest absolute Gasteiger partial charge is 0.328 e. The lowest BCUT2D eigenvalue weighted by Gasteiger charge is -2.30. The Balaban J connectivity index is 1.09. The fraction of sp³-hybridized carbons (Fsp3) is 0.400. The van der Waals surface area contributed by atoms with Crippen LogP contribution in [0.3, 0.4) is 0 Å². The molecule has 11 nitrogen and oxygen atoms in total. The standard InChI is InChI=1S/C40H42Cl2N2O9S3/c1-56(49,50)30-8-4-6-25(20-30)21-33(40(48)53-17-5-16-52-35(45)9-3-2-7-29-14-19-54-55-29)43-38(46)36-32(41)22-28-24-44(15-12-31(28)37(36)42)39(47)27-11-10-26-13-18-51-34(26)23-27/h4,6,8,10-11,13,18,20,22-23,29,33H,2-3,5,7,9,12,14-17,19,21,24H2,1H3,(H,43,46)/t29-,33?/m1/s1. The number of esters is 2. The van der Waals surface area contributed by atoms with Crippen LogP contribution in [0.15, 0.2) is 70.2 Å². The van der Waals surface area contributed by atoms with Gasteiger partial charge in [0.05, 0.1) is 40.0 Å². The first-order valence-corrected chi connectivity index (χ1v) is 23.4. The highest BCUT2D eigenvalue weighted by atomic mass is 35.5. The summed E-state index contributed by atoms with van der Waals surface area (Å²) in [6.45, 7) is 0.538. The first kappa shape index (κ1) is 41.9. The number of ether oxygens (including phenoxy) is 2. The highest BCUT2D eigenvalue weighted by molar-refractivity contribution is 8.77. The monoisotopic (exact) mass is 860 g/mol. The summed E-state index contributed by atoms with van der Waals surface area (Å²) >= 11 is 13.5. The second kappa shape index (κ2) is 19.2. The van der Waals surface area contributed by atoms with E-state index in [0.717, 1.165) is 30.9 Å². The number of nitrogens with one attached hydrogen (secondary N) is 1. The molecule has 16 heteroatoms. The summed E-state index contributed by atoms with van der Waals surface area (Å²) < 4.78 is 40.8. The fourth-order valence-electron chi connectivity index (χ4n) is 6.66. The summed E-state index contributed by atoms with van der Waals surface area (Å²) in [5.41, 5.74) is 2.86. The van der Waals surface area contributed by atoms with Gasteiger partial charge in [0.25, 0.3) is 11.8 Å². The predicted molar refractivity (Wildman–Crippen MR) is 219 cm³/mol. The molecule has 0 aliphatic carbocycles. The van der Waals surface area contributed by atoms with Crippen LogP contribution >= 0.6 is 44.8 Å². The molecule has 1 unspecified atom stereocenters. The van der Waals surface area contributed by atoms with Crippen LogP contribution in [-0.2, 0) is 48.3 Å². The number of carbonyl (C=O) groups excluding carboxylic acids is 4. The Morgan fingerprint density at radius 1 is 1.02 bits per heavy atom. The minimum absolute atomic E-state index is 0.0296. The topological polar surface area (TPSA) is 149 Å². The molecule has 0 bridgehead atoms. The zero-order chi connectivity index (χ0) is 39.8. The molecule has 4 aromatic rings. The quantitative estimate of drug-likeness (QED) is 0.0667. The SMILES string of the molecule is CS(=O)(=O)c1cccc(CC(NC(=O)c2c(Cl)cc3c(c2Cl)CCN(C(=O)c2ccc4ccoc4c2)C3)C(=O)OCCCOC(=O)CCCC[C@@H]2CCSS2)c1. The number of rotatable bonds is 16. The number of halogens is 2. The molecule has 6 rings (SSSR count). The van der Waals surface area contributed by atoms with Crippen LogP contribution in [-0.4, -0.2) is 80.1 Å². The van der Waals surface area contributed by atoms with Crippen molar-refractivity contribution in [2.24, 2.45) is 0 Å². The lowest BCUT2D eigenvalue weighted by atomic mass is 9.95. The lowest BCUT2D eigenvalue weighted by Crippen LogP contribution is -2.44. The molecule has 1 fully saturated rings. The molecule has 0 radical (unpaired) electrons. The molecule has 3 heterocycles. The number of benzene rings is 3. The Morgan fingerprint density at radius 2 is 1.84 bits per heavy atom. The van der Waals surface area contributed by atoms with E-state index in [1.54, 1.807) is 41.5 Å². The summed E-state index contributed by atoms with van der Waals surface area (Å²) in [5.74, 6) is -0.811. The van der Waals surface area contributed by atoms with Crippen LogP contribution in [0.4, 0.5) is 0 Å². The maximum absolute atomic E-state index is 13.9. The second-order valence-corrected chi connectivity index (χ2v) is 19.4. The zero-order valence-corrected chi connectivity index (χ0v) is 34.7. The number of nitrogens with zero attached hydrogens (tertiary/aromatic N) is 1. The van der Waals surface area contributed by atoms with Crippen molar-refractivity contribution in [1.29, 1.82) is 0 Å². The van der Waals surface area contributed by atoms with E-state index in [1.165, 1.54) is 24.3 Å². The van der Waals surface area contributed by atoms with Gasteiger partial charge in [-0.1, -0.05) is 69.4 Å². The van der Waals surface area contributed by atoms with Gasteiger partial charge in [0.1, 0.15) is 11.6 Å². The Hall–Kier alpha value is -3.69. The third-order valence-electron chi connectivity index (χ3n) is 9.66. The molecule has 2 amide bonds.